The lowest BCUT2D eigenvalue weighted by Gasteiger charge is -2.31. The molecule has 1 aliphatic rings. The van der Waals surface area contributed by atoms with Crippen LogP contribution in [-0.4, -0.2) is 36.1 Å². The molecule has 108 valence electrons. The largest absolute Gasteiger partial charge is 0.309 e. The van der Waals surface area contributed by atoms with Crippen LogP contribution in [0.3, 0.4) is 0 Å². The summed E-state index contributed by atoms with van der Waals surface area (Å²) in [5.41, 5.74) is 3.08. The third-order valence-electron chi connectivity index (χ3n) is 4.23. The molecule has 1 fully saturated rings. The minimum atomic E-state index is 0.381. The molecule has 0 spiro atoms. The van der Waals surface area contributed by atoms with Gasteiger partial charge in [-0.05, 0) is 46.3 Å². The van der Waals surface area contributed by atoms with Gasteiger partial charge in [-0.2, -0.15) is 0 Å². The van der Waals surface area contributed by atoms with E-state index >= 15 is 0 Å². The summed E-state index contributed by atoms with van der Waals surface area (Å²) in [6, 6.07) is 1.22. The number of nitrogens with zero attached hydrogens (tertiary/aromatic N) is 2. The fourth-order valence-corrected chi connectivity index (χ4v) is 3.54. The Labute approximate surface area is 121 Å². The van der Waals surface area contributed by atoms with E-state index in [-0.39, 0.29) is 0 Å². The molecule has 0 radical (unpaired) electrons. The quantitative estimate of drug-likeness (QED) is 0.776. The third kappa shape index (κ3) is 4.86. The van der Waals surface area contributed by atoms with Crippen LogP contribution in [0.15, 0.2) is 10.9 Å². The Bertz CT molecular complexity index is 333. The summed E-state index contributed by atoms with van der Waals surface area (Å²) >= 11 is 1.67. The molecule has 0 bridgehead atoms. The van der Waals surface area contributed by atoms with Gasteiger partial charge in [-0.1, -0.05) is 19.3 Å². The lowest BCUT2D eigenvalue weighted by molar-refractivity contribution is 0.189. The van der Waals surface area contributed by atoms with Crippen molar-refractivity contribution in [3.63, 3.8) is 0 Å². The second-order valence-corrected chi connectivity index (χ2v) is 6.43. The number of nitrogens with one attached hydrogen (secondary N) is 1. The Morgan fingerprint density at radius 2 is 2.21 bits per heavy atom. The third-order valence-corrected chi connectivity index (χ3v) is 4.84. The van der Waals surface area contributed by atoms with Gasteiger partial charge in [-0.3, -0.25) is 0 Å². The van der Waals surface area contributed by atoms with Crippen LogP contribution in [0.2, 0.25) is 0 Å². The van der Waals surface area contributed by atoms with Crippen molar-refractivity contribution in [1.82, 2.24) is 15.2 Å². The summed E-state index contributed by atoms with van der Waals surface area (Å²) in [6.07, 6.45) is 8.32. The van der Waals surface area contributed by atoms with Gasteiger partial charge in [-0.25, -0.2) is 4.98 Å². The maximum absolute atomic E-state index is 4.35. The van der Waals surface area contributed by atoms with Gasteiger partial charge < -0.3 is 10.2 Å². The minimum absolute atomic E-state index is 0.381. The summed E-state index contributed by atoms with van der Waals surface area (Å²) in [5.74, 6) is 0. The summed E-state index contributed by atoms with van der Waals surface area (Å²) in [7, 11) is 2.29. The molecule has 1 N–H and O–H groups in total. The molecule has 1 atom stereocenters. The Kier molecular flexibility index (Phi) is 6.28. The number of hydrogen-bond donors (Lipinski definition) is 1. The number of thiazole rings is 1. The smallest absolute Gasteiger partial charge is 0.0795 e. The van der Waals surface area contributed by atoms with Gasteiger partial charge >= 0.3 is 0 Å². The molecular formula is C15H27N3S. The molecule has 1 saturated carbocycles. The summed E-state index contributed by atoms with van der Waals surface area (Å²) in [5, 5.41) is 5.69. The maximum Gasteiger partial charge on any atom is 0.0795 e. The van der Waals surface area contributed by atoms with Crippen LogP contribution in [-0.2, 0) is 0 Å². The first kappa shape index (κ1) is 14.9. The Morgan fingerprint density at radius 1 is 1.42 bits per heavy atom. The fraction of sp³-hybridized carbons (Fsp3) is 0.800. The molecule has 0 amide bonds. The molecule has 1 heterocycles. The topological polar surface area (TPSA) is 28.2 Å². The molecule has 4 heteroatoms. The number of aromatic nitrogens is 1. The zero-order valence-corrected chi connectivity index (χ0v) is 13.1. The van der Waals surface area contributed by atoms with E-state index < -0.39 is 0 Å². The maximum atomic E-state index is 4.35. The molecule has 0 aliphatic heterocycles. The van der Waals surface area contributed by atoms with Crippen molar-refractivity contribution in [3.05, 3.63) is 16.6 Å². The highest BCUT2D eigenvalue weighted by atomic mass is 32.1. The van der Waals surface area contributed by atoms with Crippen LogP contribution in [0.4, 0.5) is 0 Å². The number of hydrogen-bond acceptors (Lipinski definition) is 4. The average molecular weight is 281 g/mol. The highest BCUT2D eigenvalue weighted by Gasteiger charge is 2.17. The number of rotatable bonds is 7. The first-order chi connectivity index (χ1) is 9.27. The van der Waals surface area contributed by atoms with Crippen LogP contribution >= 0.6 is 11.3 Å². The van der Waals surface area contributed by atoms with Crippen molar-refractivity contribution in [2.24, 2.45) is 0 Å². The van der Waals surface area contributed by atoms with Crippen molar-refractivity contribution < 1.29 is 0 Å². The van der Waals surface area contributed by atoms with E-state index in [0.29, 0.717) is 6.04 Å². The second kappa shape index (κ2) is 7.98. The zero-order valence-electron chi connectivity index (χ0n) is 12.3. The van der Waals surface area contributed by atoms with Gasteiger partial charge in [0.15, 0.2) is 0 Å². The fourth-order valence-electron chi connectivity index (χ4n) is 2.89. The molecule has 2 rings (SSSR count). The molecule has 1 aromatic heterocycles. The van der Waals surface area contributed by atoms with Crippen LogP contribution in [0.1, 0.15) is 57.2 Å². The standard InChI is InChI=1S/C15H27N3S/c1-13(15-11-19-12-17-15)16-9-6-10-18(2)14-7-4-3-5-8-14/h11-14,16H,3-10H2,1-2H3. The van der Waals surface area contributed by atoms with Crippen molar-refractivity contribution in [3.8, 4) is 0 Å². The predicted molar refractivity (Wildman–Crippen MR) is 82.7 cm³/mol. The van der Waals surface area contributed by atoms with E-state index in [1.165, 1.54) is 50.8 Å². The van der Waals surface area contributed by atoms with Gasteiger partial charge in [0.05, 0.1) is 11.2 Å². The normalized spacial score (nSPS) is 18.9. The van der Waals surface area contributed by atoms with E-state index in [0.717, 1.165) is 12.6 Å². The minimum Gasteiger partial charge on any atom is -0.309 e. The highest BCUT2D eigenvalue weighted by Crippen LogP contribution is 2.21. The monoisotopic (exact) mass is 281 g/mol. The van der Waals surface area contributed by atoms with Crippen molar-refractivity contribution >= 4 is 11.3 Å². The van der Waals surface area contributed by atoms with E-state index in [4.69, 9.17) is 0 Å². The average Bonchev–Trinajstić information content (AvgIpc) is 2.98. The summed E-state index contributed by atoms with van der Waals surface area (Å²) < 4.78 is 0. The van der Waals surface area contributed by atoms with E-state index in [2.05, 4.69) is 34.6 Å². The van der Waals surface area contributed by atoms with Gasteiger partial charge in [0.25, 0.3) is 0 Å². The predicted octanol–water partition coefficient (Wildman–Crippen LogP) is 3.45. The molecule has 19 heavy (non-hydrogen) atoms. The van der Waals surface area contributed by atoms with E-state index in [1.807, 2.05) is 5.51 Å². The van der Waals surface area contributed by atoms with Gasteiger partial charge in [-0.15, -0.1) is 11.3 Å². The van der Waals surface area contributed by atoms with E-state index in [9.17, 15) is 0 Å². The van der Waals surface area contributed by atoms with Crippen LogP contribution in [0.5, 0.6) is 0 Å². The van der Waals surface area contributed by atoms with Crippen molar-refractivity contribution in [2.45, 2.75) is 57.5 Å². The Morgan fingerprint density at radius 3 is 2.89 bits per heavy atom. The SMILES string of the molecule is CC(NCCCN(C)C1CCCCC1)c1cscn1. The first-order valence-electron chi connectivity index (χ1n) is 7.59. The lowest BCUT2D eigenvalue weighted by Crippen LogP contribution is -2.35. The van der Waals surface area contributed by atoms with Gasteiger partial charge in [0, 0.05) is 17.5 Å². The van der Waals surface area contributed by atoms with Crippen molar-refractivity contribution in [1.29, 1.82) is 0 Å². The zero-order chi connectivity index (χ0) is 13.5. The molecule has 1 aliphatic carbocycles. The molecule has 3 nitrogen and oxygen atoms in total. The molecule has 0 saturated heterocycles. The summed E-state index contributed by atoms with van der Waals surface area (Å²) in [6.45, 7) is 4.48. The highest BCUT2D eigenvalue weighted by molar-refractivity contribution is 7.07. The van der Waals surface area contributed by atoms with Gasteiger partial charge in [0.1, 0.15) is 0 Å². The van der Waals surface area contributed by atoms with Crippen LogP contribution < -0.4 is 5.32 Å². The van der Waals surface area contributed by atoms with Gasteiger partial charge in [0.2, 0.25) is 0 Å². The molecule has 1 aromatic rings. The van der Waals surface area contributed by atoms with E-state index in [1.54, 1.807) is 11.3 Å². The Balaban J connectivity index is 1.58. The molecular weight excluding hydrogens is 254 g/mol. The Hall–Kier alpha value is -0.450. The van der Waals surface area contributed by atoms with Crippen LogP contribution in [0.25, 0.3) is 0 Å². The first-order valence-corrected chi connectivity index (χ1v) is 8.53. The summed E-state index contributed by atoms with van der Waals surface area (Å²) in [4.78, 5) is 6.91. The lowest BCUT2D eigenvalue weighted by atomic mass is 9.94. The second-order valence-electron chi connectivity index (χ2n) is 5.72. The van der Waals surface area contributed by atoms with Crippen LogP contribution in [0, 0.1) is 0 Å². The molecule has 0 aromatic carbocycles. The molecule has 1 unspecified atom stereocenters. The van der Waals surface area contributed by atoms with Crippen molar-refractivity contribution in [2.75, 3.05) is 20.1 Å².